The van der Waals surface area contributed by atoms with E-state index in [0.29, 0.717) is 6.42 Å². The van der Waals surface area contributed by atoms with Crippen molar-refractivity contribution >= 4 is 11.6 Å². The van der Waals surface area contributed by atoms with Crippen LogP contribution in [0.2, 0.25) is 0 Å². The van der Waals surface area contributed by atoms with Gasteiger partial charge in [0, 0.05) is 12.8 Å². The van der Waals surface area contributed by atoms with Crippen molar-refractivity contribution in [3.8, 4) is 0 Å². The molecule has 1 heterocycles. The van der Waals surface area contributed by atoms with Crippen LogP contribution in [-0.4, -0.2) is 16.6 Å². The van der Waals surface area contributed by atoms with Crippen LogP contribution in [0.15, 0.2) is 59.7 Å². The highest BCUT2D eigenvalue weighted by molar-refractivity contribution is 6.03. The Kier molecular flexibility index (Phi) is 4.05. The Labute approximate surface area is 131 Å². The zero-order valence-electron chi connectivity index (χ0n) is 13.0. The molecule has 2 aromatic rings. The minimum Gasteiger partial charge on any atom is -0.273 e. The number of carbonyl (C=O) groups is 1. The molecule has 0 aliphatic carbocycles. The molecule has 3 nitrogen and oxygen atoms in total. The summed E-state index contributed by atoms with van der Waals surface area (Å²) in [5, 5.41) is 6.27. The van der Waals surface area contributed by atoms with E-state index in [1.165, 1.54) is 5.56 Å². The predicted octanol–water partition coefficient (Wildman–Crippen LogP) is 4.08. The molecule has 0 fully saturated rings. The van der Waals surface area contributed by atoms with Gasteiger partial charge in [-0.25, -0.2) is 5.01 Å². The summed E-state index contributed by atoms with van der Waals surface area (Å²) in [7, 11) is 0. The number of hydrogen-bond acceptors (Lipinski definition) is 2. The summed E-state index contributed by atoms with van der Waals surface area (Å²) in [6.07, 6.45) is 1.23. The highest BCUT2D eigenvalue weighted by Crippen LogP contribution is 2.33. The molecule has 0 spiro atoms. The normalized spacial score (nSPS) is 17.5. The van der Waals surface area contributed by atoms with E-state index in [0.717, 1.165) is 23.3 Å². The lowest BCUT2D eigenvalue weighted by molar-refractivity contribution is -0.132. The van der Waals surface area contributed by atoms with E-state index in [9.17, 15) is 4.79 Å². The standard InChI is InChI=1S/C19H20N2O/c1-3-19(22)21-18(16-11-9-14(2)10-12-16)13-17(20-21)15-7-5-4-6-8-15/h4-12,18H,3,13H2,1-2H3. The number of amides is 1. The van der Waals surface area contributed by atoms with Crippen LogP contribution in [0, 0.1) is 6.92 Å². The summed E-state index contributed by atoms with van der Waals surface area (Å²) < 4.78 is 0. The Morgan fingerprint density at radius 2 is 1.82 bits per heavy atom. The van der Waals surface area contributed by atoms with Crippen molar-refractivity contribution in [2.24, 2.45) is 5.10 Å². The van der Waals surface area contributed by atoms with Gasteiger partial charge in [-0.1, -0.05) is 67.1 Å². The van der Waals surface area contributed by atoms with Gasteiger partial charge in [-0.15, -0.1) is 0 Å². The maximum atomic E-state index is 12.3. The summed E-state index contributed by atoms with van der Waals surface area (Å²) >= 11 is 0. The Morgan fingerprint density at radius 1 is 1.14 bits per heavy atom. The Hall–Kier alpha value is -2.42. The van der Waals surface area contributed by atoms with E-state index >= 15 is 0 Å². The predicted molar refractivity (Wildman–Crippen MR) is 88.7 cm³/mol. The fraction of sp³-hybridized carbons (Fsp3) is 0.263. The monoisotopic (exact) mass is 292 g/mol. The van der Waals surface area contributed by atoms with Gasteiger partial charge < -0.3 is 0 Å². The van der Waals surface area contributed by atoms with Crippen LogP contribution in [0.3, 0.4) is 0 Å². The Morgan fingerprint density at radius 3 is 2.45 bits per heavy atom. The molecular formula is C19H20N2O. The molecule has 1 unspecified atom stereocenters. The van der Waals surface area contributed by atoms with Crippen LogP contribution in [-0.2, 0) is 4.79 Å². The van der Waals surface area contributed by atoms with Crippen LogP contribution < -0.4 is 0 Å². The number of hydrogen-bond donors (Lipinski definition) is 0. The molecule has 0 saturated heterocycles. The van der Waals surface area contributed by atoms with E-state index in [1.54, 1.807) is 5.01 Å². The Balaban J connectivity index is 1.94. The van der Waals surface area contributed by atoms with E-state index in [4.69, 9.17) is 0 Å². The molecule has 0 N–H and O–H groups in total. The molecule has 0 aromatic heterocycles. The van der Waals surface area contributed by atoms with E-state index < -0.39 is 0 Å². The lowest BCUT2D eigenvalue weighted by Crippen LogP contribution is -2.26. The van der Waals surface area contributed by atoms with Crippen molar-refractivity contribution in [3.05, 3.63) is 71.3 Å². The molecule has 1 amide bonds. The first-order valence-electron chi connectivity index (χ1n) is 7.70. The first-order chi connectivity index (χ1) is 10.7. The zero-order valence-corrected chi connectivity index (χ0v) is 13.0. The second-order valence-corrected chi connectivity index (χ2v) is 5.64. The quantitative estimate of drug-likeness (QED) is 0.839. The number of nitrogens with zero attached hydrogens (tertiary/aromatic N) is 2. The van der Waals surface area contributed by atoms with Crippen molar-refractivity contribution < 1.29 is 4.79 Å². The van der Waals surface area contributed by atoms with Gasteiger partial charge in [-0.2, -0.15) is 5.10 Å². The number of benzene rings is 2. The highest BCUT2D eigenvalue weighted by Gasteiger charge is 2.32. The molecule has 0 radical (unpaired) electrons. The summed E-state index contributed by atoms with van der Waals surface area (Å²) in [6, 6.07) is 18.5. The van der Waals surface area contributed by atoms with Gasteiger partial charge in [-0.05, 0) is 18.1 Å². The molecule has 1 aliphatic heterocycles. The molecule has 1 aliphatic rings. The topological polar surface area (TPSA) is 32.7 Å². The summed E-state index contributed by atoms with van der Waals surface area (Å²) in [4.78, 5) is 12.3. The second kappa shape index (κ2) is 6.14. The smallest absolute Gasteiger partial charge is 0.242 e. The Bertz CT molecular complexity index is 689. The van der Waals surface area contributed by atoms with Crippen LogP contribution in [0.1, 0.15) is 42.5 Å². The average molecular weight is 292 g/mol. The van der Waals surface area contributed by atoms with Crippen LogP contribution >= 0.6 is 0 Å². The largest absolute Gasteiger partial charge is 0.273 e. The summed E-state index contributed by atoms with van der Waals surface area (Å²) in [5.74, 6) is 0.0662. The lowest BCUT2D eigenvalue weighted by atomic mass is 9.97. The zero-order chi connectivity index (χ0) is 15.5. The number of carbonyl (C=O) groups excluding carboxylic acids is 1. The minimum absolute atomic E-state index is 0.00301. The van der Waals surface area contributed by atoms with Crippen molar-refractivity contribution in [3.63, 3.8) is 0 Å². The van der Waals surface area contributed by atoms with E-state index in [1.807, 2.05) is 37.3 Å². The van der Waals surface area contributed by atoms with Gasteiger partial charge >= 0.3 is 0 Å². The number of rotatable bonds is 3. The molecule has 3 rings (SSSR count). The minimum atomic E-state index is 0.00301. The van der Waals surface area contributed by atoms with Crippen molar-refractivity contribution in [1.29, 1.82) is 0 Å². The molecule has 0 bridgehead atoms. The van der Waals surface area contributed by atoms with Crippen molar-refractivity contribution in [2.45, 2.75) is 32.7 Å². The van der Waals surface area contributed by atoms with E-state index in [2.05, 4.69) is 36.3 Å². The van der Waals surface area contributed by atoms with Gasteiger partial charge in [0.15, 0.2) is 0 Å². The maximum Gasteiger partial charge on any atom is 0.242 e. The van der Waals surface area contributed by atoms with Crippen LogP contribution in [0.5, 0.6) is 0 Å². The third kappa shape index (κ3) is 2.80. The summed E-state index contributed by atoms with van der Waals surface area (Å²) in [5.41, 5.74) is 4.43. The first-order valence-corrected chi connectivity index (χ1v) is 7.70. The molecule has 22 heavy (non-hydrogen) atoms. The third-order valence-electron chi connectivity index (χ3n) is 4.04. The lowest BCUT2D eigenvalue weighted by Gasteiger charge is -2.21. The fourth-order valence-electron chi connectivity index (χ4n) is 2.76. The molecule has 1 atom stereocenters. The molecule has 112 valence electrons. The molecule has 2 aromatic carbocycles. The van der Waals surface area contributed by atoms with Crippen molar-refractivity contribution in [2.75, 3.05) is 0 Å². The van der Waals surface area contributed by atoms with Gasteiger partial charge in [0.25, 0.3) is 0 Å². The SMILES string of the molecule is CCC(=O)N1N=C(c2ccccc2)CC1c1ccc(C)cc1. The summed E-state index contributed by atoms with van der Waals surface area (Å²) in [6.45, 7) is 3.95. The fourth-order valence-corrected chi connectivity index (χ4v) is 2.76. The molecular weight excluding hydrogens is 272 g/mol. The number of hydrazone groups is 1. The second-order valence-electron chi connectivity index (χ2n) is 5.64. The maximum absolute atomic E-state index is 12.3. The van der Waals surface area contributed by atoms with Gasteiger partial charge in [0.1, 0.15) is 0 Å². The van der Waals surface area contributed by atoms with Gasteiger partial charge in [0.2, 0.25) is 5.91 Å². The number of aryl methyl sites for hydroxylation is 1. The van der Waals surface area contributed by atoms with Crippen LogP contribution in [0.25, 0.3) is 0 Å². The highest BCUT2D eigenvalue weighted by atomic mass is 16.2. The molecule has 3 heteroatoms. The van der Waals surface area contributed by atoms with E-state index in [-0.39, 0.29) is 11.9 Å². The van der Waals surface area contributed by atoms with Gasteiger partial charge in [-0.3, -0.25) is 4.79 Å². The third-order valence-corrected chi connectivity index (χ3v) is 4.04. The van der Waals surface area contributed by atoms with Crippen molar-refractivity contribution in [1.82, 2.24) is 5.01 Å². The first kappa shape index (κ1) is 14.5. The van der Waals surface area contributed by atoms with Crippen LogP contribution in [0.4, 0.5) is 0 Å². The van der Waals surface area contributed by atoms with Gasteiger partial charge in [0.05, 0.1) is 11.8 Å². The average Bonchev–Trinajstić information content (AvgIpc) is 3.01. The molecule has 0 saturated carbocycles.